The molecule has 3 aliphatic rings. The number of pyridine rings is 1. The lowest BCUT2D eigenvalue weighted by atomic mass is 9.82. The molecule has 4 unspecified atom stereocenters. The number of aromatic hydroxyl groups is 1. The maximum absolute atomic E-state index is 12.0. The van der Waals surface area contributed by atoms with E-state index in [2.05, 4.69) is 31.1 Å². The van der Waals surface area contributed by atoms with E-state index in [9.17, 15) is 37.5 Å². The third kappa shape index (κ3) is 12.1. The maximum Gasteiger partial charge on any atom is 0.397 e. The highest BCUT2D eigenvalue weighted by molar-refractivity contribution is 5.93. The van der Waals surface area contributed by atoms with Crippen LogP contribution in [-0.4, -0.2) is 82.4 Å². The Morgan fingerprint density at radius 2 is 1.77 bits per heavy atom. The van der Waals surface area contributed by atoms with Crippen LogP contribution in [-0.2, 0) is 19.2 Å². The Balaban J connectivity index is 0.000000267. The number of nitrogens with zero attached hydrogens (tertiary/aromatic N) is 4. The summed E-state index contributed by atoms with van der Waals surface area (Å²) in [7, 11) is 0. The minimum Gasteiger partial charge on any atom is -0.504 e. The first kappa shape index (κ1) is 35.3. The second-order valence-electron chi connectivity index (χ2n) is 11.6. The Morgan fingerprint density at radius 1 is 1.16 bits per heavy atom. The molecule has 1 saturated carbocycles. The molecule has 4 rings (SSSR count). The molecular weight excluding hydrogens is 569 g/mol. The number of hydrogen-bond donors (Lipinski definition) is 3. The number of halogens is 3. The number of nitriles is 1. The number of amides is 4. The number of anilines is 1. The van der Waals surface area contributed by atoms with Crippen LogP contribution in [0.5, 0.6) is 5.75 Å². The number of likely N-dealkylation sites (tertiary alicyclic amines) is 2. The Bertz CT molecular complexity index is 1130. The average Bonchev–Trinajstić information content (AvgIpc) is 3.56. The Kier molecular flexibility index (Phi) is 13.7. The van der Waals surface area contributed by atoms with Crippen molar-refractivity contribution >= 4 is 29.9 Å². The van der Waals surface area contributed by atoms with Gasteiger partial charge in [-0.05, 0) is 49.1 Å². The van der Waals surface area contributed by atoms with Gasteiger partial charge in [-0.3, -0.25) is 19.2 Å². The maximum atomic E-state index is 12.0. The van der Waals surface area contributed by atoms with Gasteiger partial charge in [-0.1, -0.05) is 33.6 Å². The molecule has 0 bridgehead atoms. The second-order valence-corrected chi connectivity index (χ2v) is 11.6. The van der Waals surface area contributed by atoms with Crippen LogP contribution < -0.4 is 10.6 Å². The third-order valence-electron chi connectivity index (χ3n) is 7.15. The lowest BCUT2D eigenvalue weighted by Crippen LogP contribution is -2.40. The van der Waals surface area contributed by atoms with Gasteiger partial charge in [0.1, 0.15) is 12.5 Å². The van der Waals surface area contributed by atoms with E-state index < -0.39 is 30.5 Å². The van der Waals surface area contributed by atoms with E-state index in [1.54, 1.807) is 11.0 Å². The quantitative estimate of drug-likeness (QED) is 0.417. The van der Waals surface area contributed by atoms with Crippen molar-refractivity contribution in [1.29, 1.82) is 5.26 Å². The van der Waals surface area contributed by atoms with Crippen LogP contribution in [0.2, 0.25) is 0 Å². The number of carbonyl (C=O) groups excluding carboxylic acids is 4. The highest BCUT2D eigenvalue weighted by atomic mass is 19.4. The predicted molar refractivity (Wildman–Crippen MR) is 151 cm³/mol. The van der Waals surface area contributed by atoms with Crippen molar-refractivity contribution in [2.45, 2.75) is 71.5 Å². The van der Waals surface area contributed by atoms with E-state index in [1.807, 2.05) is 11.4 Å². The summed E-state index contributed by atoms with van der Waals surface area (Å²) in [5, 5.41) is 22.9. The summed E-state index contributed by atoms with van der Waals surface area (Å²) in [5.41, 5.74) is 0. The molecule has 11 nitrogen and oxygen atoms in total. The van der Waals surface area contributed by atoms with E-state index >= 15 is 0 Å². The van der Waals surface area contributed by atoms with Gasteiger partial charge in [0.05, 0.1) is 18.5 Å². The molecule has 1 aromatic heterocycles. The minimum atomic E-state index is -4.53. The lowest BCUT2D eigenvalue weighted by Gasteiger charge is -2.22. The molecule has 1 aliphatic carbocycles. The zero-order chi connectivity index (χ0) is 32.2. The number of hydrogen-bond acceptors (Lipinski definition) is 7. The first-order valence-electron chi connectivity index (χ1n) is 14.4. The van der Waals surface area contributed by atoms with Crippen molar-refractivity contribution in [3.63, 3.8) is 0 Å². The summed E-state index contributed by atoms with van der Waals surface area (Å²) in [5.74, 6) is -0.437. The Labute approximate surface area is 249 Å². The van der Waals surface area contributed by atoms with Gasteiger partial charge in [0.25, 0.3) is 0 Å². The average molecular weight is 611 g/mol. The molecule has 0 spiro atoms. The molecule has 238 valence electrons. The molecule has 3 heterocycles. The van der Waals surface area contributed by atoms with Gasteiger partial charge in [0, 0.05) is 25.8 Å². The summed E-state index contributed by atoms with van der Waals surface area (Å²) < 4.78 is 35.9. The molecular formula is C29H41F3N6O5. The van der Waals surface area contributed by atoms with Crippen molar-refractivity contribution in [2.24, 2.45) is 23.7 Å². The number of carbonyl (C=O) groups is 4. The fourth-order valence-electron chi connectivity index (χ4n) is 5.15. The van der Waals surface area contributed by atoms with E-state index in [0.29, 0.717) is 31.3 Å². The van der Waals surface area contributed by atoms with E-state index in [-0.39, 0.29) is 42.9 Å². The molecule has 2 saturated heterocycles. The molecule has 0 radical (unpaired) electrons. The van der Waals surface area contributed by atoms with Crippen molar-refractivity contribution in [3.8, 4) is 11.8 Å². The van der Waals surface area contributed by atoms with Crippen molar-refractivity contribution < 1.29 is 37.5 Å². The lowest BCUT2D eigenvalue weighted by molar-refractivity contribution is -0.154. The van der Waals surface area contributed by atoms with Gasteiger partial charge in [-0.2, -0.15) is 18.4 Å². The first-order chi connectivity index (χ1) is 20.2. The number of nitrogens with one attached hydrogen (secondary N) is 2. The van der Waals surface area contributed by atoms with Crippen LogP contribution in [0.15, 0.2) is 18.3 Å². The van der Waals surface area contributed by atoms with Crippen LogP contribution in [0.4, 0.5) is 19.0 Å². The normalized spacial score (nSPS) is 22.7. The van der Waals surface area contributed by atoms with Gasteiger partial charge < -0.3 is 25.5 Å². The van der Waals surface area contributed by atoms with Crippen molar-refractivity contribution in [1.82, 2.24) is 20.1 Å². The van der Waals surface area contributed by atoms with Crippen LogP contribution in [0, 0.1) is 35.0 Å². The second kappa shape index (κ2) is 16.7. The summed E-state index contributed by atoms with van der Waals surface area (Å²) in [6.07, 6.45) is 0.843. The summed E-state index contributed by atoms with van der Waals surface area (Å²) in [6.45, 7) is 7.72. The zero-order valence-corrected chi connectivity index (χ0v) is 24.8. The number of fused-ring (bicyclic) bond motifs is 1. The minimum absolute atomic E-state index is 0.0746. The summed E-state index contributed by atoms with van der Waals surface area (Å²) in [6, 6.07) is 4.35. The summed E-state index contributed by atoms with van der Waals surface area (Å²) >= 11 is 0. The fourth-order valence-corrected chi connectivity index (χ4v) is 5.15. The molecule has 43 heavy (non-hydrogen) atoms. The SMILES string of the molecule is CC(C)C.N#CC1CC(C(=O)Nc2ncccc2O)CN1C=O.O=C(CC(F)(F)F)NCC(=O)N1CC2CCCCC2C1. The Morgan fingerprint density at radius 3 is 2.26 bits per heavy atom. The van der Waals surface area contributed by atoms with Crippen LogP contribution in [0.25, 0.3) is 0 Å². The smallest absolute Gasteiger partial charge is 0.397 e. The number of aromatic nitrogens is 1. The van der Waals surface area contributed by atoms with Gasteiger partial charge in [0.15, 0.2) is 11.6 Å². The summed E-state index contributed by atoms with van der Waals surface area (Å²) in [4.78, 5) is 52.4. The van der Waals surface area contributed by atoms with E-state index in [0.717, 1.165) is 18.8 Å². The monoisotopic (exact) mass is 610 g/mol. The molecule has 0 aromatic carbocycles. The largest absolute Gasteiger partial charge is 0.504 e. The molecule has 2 aliphatic heterocycles. The fraction of sp³-hybridized carbons (Fsp3) is 0.655. The molecule has 3 fully saturated rings. The number of alkyl halides is 3. The van der Waals surface area contributed by atoms with Crippen LogP contribution in [0.1, 0.15) is 59.3 Å². The Hall–Kier alpha value is -3.89. The van der Waals surface area contributed by atoms with Gasteiger partial charge in [-0.25, -0.2) is 4.98 Å². The standard InChI is InChI=1S/C13H19F3N2O2.C12H12N4O3.C4H10/c14-13(15,16)5-11(19)17-6-12(20)18-7-9-3-1-2-4-10(9)8-18;13-5-9-4-8(6-16(9)7-17)12(19)15-11-10(18)2-1-3-14-11;1-4(2)3/h9-10H,1-8H2,(H,17,19);1-3,7-9,18H,4,6H2,(H,14,15,19);4H,1-3H3. The van der Waals surface area contributed by atoms with Gasteiger partial charge >= 0.3 is 6.18 Å². The van der Waals surface area contributed by atoms with E-state index in [4.69, 9.17) is 5.26 Å². The predicted octanol–water partition coefficient (Wildman–Crippen LogP) is 3.46. The first-order valence-corrected chi connectivity index (χ1v) is 14.4. The van der Waals surface area contributed by atoms with Crippen molar-refractivity contribution in [3.05, 3.63) is 18.3 Å². The van der Waals surface area contributed by atoms with Crippen LogP contribution in [0.3, 0.4) is 0 Å². The number of rotatable bonds is 6. The van der Waals surface area contributed by atoms with Crippen molar-refractivity contribution in [2.75, 3.05) is 31.5 Å². The molecule has 4 amide bonds. The van der Waals surface area contributed by atoms with E-state index in [1.165, 1.54) is 30.0 Å². The third-order valence-corrected chi connectivity index (χ3v) is 7.15. The zero-order valence-electron chi connectivity index (χ0n) is 24.8. The highest BCUT2D eigenvalue weighted by Gasteiger charge is 2.37. The topological polar surface area (TPSA) is 156 Å². The van der Waals surface area contributed by atoms with Crippen LogP contribution >= 0.6 is 0 Å². The molecule has 3 N–H and O–H groups in total. The molecule has 4 atom stereocenters. The molecule has 1 aromatic rings. The van der Waals surface area contributed by atoms with Gasteiger partial charge in [-0.15, -0.1) is 0 Å². The molecule has 14 heteroatoms. The van der Waals surface area contributed by atoms with Gasteiger partial charge in [0.2, 0.25) is 24.1 Å². The highest BCUT2D eigenvalue weighted by Crippen LogP contribution is 2.36.